The molecule has 0 bridgehead atoms. The lowest BCUT2D eigenvalue weighted by Gasteiger charge is -2.33. The Morgan fingerprint density at radius 3 is 2.22 bits per heavy atom. The lowest BCUT2D eigenvalue weighted by Crippen LogP contribution is -2.53. The number of nitrogens with one attached hydrogen (secondary N) is 1. The van der Waals surface area contributed by atoms with Crippen molar-refractivity contribution in [2.24, 2.45) is 0 Å². The summed E-state index contributed by atoms with van der Waals surface area (Å²) in [5.74, 6) is -0.0485. The first-order chi connectivity index (χ1) is 10.8. The molecule has 0 aliphatic carbocycles. The fourth-order valence-electron chi connectivity index (χ4n) is 2.51. The van der Waals surface area contributed by atoms with E-state index in [0.717, 1.165) is 12.0 Å². The number of benzene rings is 1. The van der Waals surface area contributed by atoms with Gasteiger partial charge < -0.3 is 10.2 Å². The zero-order valence-electron chi connectivity index (χ0n) is 15.1. The van der Waals surface area contributed by atoms with E-state index in [1.165, 1.54) is 0 Å². The Bertz CT molecular complexity index is 506. The van der Waals surface area contributed by atoms with Crippen LogP contribution in [0.3, 0.4) is 0 Å². The summed E-state index contributed by atoms with van der Waals surface area (Å²) < 4.78 is 0. The number of carbonyl (C=O) groups excluding carboxylic acids is 2. The number of carbonyl (C=O) groups is 2. The van der Waals surface area contributed by atoms with E-state index >= 15 is 0 Å². The summed E-state index contributed by atoms with van der Waals surface area (Å²) in [6.45, 7) is 10.3. The highest BCUT2D eigenvalue weighted by Crippen LogP contribution is 2.15. The molecule has 0 saturated heterocycles. The highest BCUT2D eigenvalue weighted by Gasteiger charge is 2.29. The molecule has 1 aromatic carbocycles. The van der Waals surface area contributed by atoms with Crippen molar-refractivity contribution in [2.75, 3.05) is 0 Å². The van der Waals surface area contributed by atoms with Crippen molar-refractivity contribution in [2.45, 2.75) is 72.0 Å². The maximum atomic E-state index is 12.6. The third kappa shape index (κ3) is 6.43. The molecule has 128 valence electrons. The lowest BCUT2D eigenvalue weighted by molar-refractivity contribution is -0.142. The molecule has 0 aromatic heterocycles. The number of hydrogen-bond acceptors (Lipinski definition) is 2. The van der Waals surface area contributed by atoms with E-state index in [4.69, 9.17) is 0 Å². The van der Waals surface area contributed by atoms with Gasteiger partial charge in [0.05, 0.1) is 0 Å². The average molecular weight is 318 g/mol. The van der Waals surface area contributed by atoms with Gasteiger partial charge in [-0.3, -0.25) is 9.59 Å². The van der Waals surface area contributed by atoms with Crippen LogP contribution in [0.5, 0.6) is 0 Å². The summed E-state index contributed by atoms with van der Waals surface area (Å²) >= 11 is 0. The fraction of sp³-hybridized carbons (Fsp3) is 0.579. The van der Waals surface area contributed by atoms with Crippen LogP contribution in [0.25, 0.3) is 0 Å². The number of nitrogens with zero attached hydrogens (tertiary/aromatic N) is 1. The molecule has 0 saturated carbocycles. The molecule has 0 heterocycles. The van der Waals surface area contributed by atoms with Crippen molar-refractivity contribution in [3.05, 3.63) is 35.9 Å². The second-order valence-electron chi connectivity index (χ2n) is 6.92. The van der Waals surface area contributed by atoms with Crippen molar-refractivity contribution in [3.8, 4) is 0 Å². The Hall–Kier alpha value is -1.84. The largest absolute Gasteiger partial charge is 0.350 e. The second kappa shape index (κ2) is 8.70. The molecule has 0 aliphatic heterocycles. The van der Waals surface area contributed by atoms with Crippen LogP contribution >= 0.6 is 0 Å². The van der Waals surface area contributed by atoms with Crippen molar-refractivity contribution in [1.82, 2.24) is 10.2 Å². The van der Waals surface area contributed by atoms with Crippen molar-refractivity contribution < 1.29 is 9.59 Å². The minimum absolute atomic E-state index is 0.0345. The Balaban J connectivity index is 3.00. The number of hydrogen-bond donors (Lipinski definition) is 1. The van der Waals surface area contributed by atoms with Crippen LogP contribution < -0.4 is 5.32 Å². The molecule has 0 fully saturated rings. The zero-order chi connectivity index (χ0) is 17.5. The van der Waals surface area contributed by atoms with Gasteiger partial charge in [0.1, 0.15) is 6.04 Å². The first-order valence-electron chi connectivity index (χ1n) is 8.44. The SMILES string of the molecule is CCCC(=O)N(Cc1ccccc1)[C@H](CC)C(=O)NC(C)(C)C. The Kier molecular flexibility index (Phi) is 7.27. The third-order valence-corrected chi connectivity index (χ3v) is 3.54. The first kappa shape index (κ1) is 19.2. The third-order valence-electron chi connectivity index (χ3n) is 3.54. The molecule has 1 atom stereocenters. The van der Waals surface area contributed by atoms with Gasteiger partial charge in [0.25, 0.3) is 0 Å². The molecule has 4 heteroatoms. The van der Waals surface area contributed by atoms with Gasteiger partial charge in [0.15, 0.2) is 0 Å². The second-order valence-corrected chi connectivity index (χ2v) is 6.92. The summed E-state index contributed by atoms with van der Waals surface area (Å²) in [4.78, 5) is 26.9. The van der Waals surface area contributed by atoms with Crippen molar-refractivity contribution >= 4 is 11.8 Å². The van der Waals surface area contributed by atoms with E-state index in [9.17, 15) is 9.59 Å². The molecule has 0 spiro atoms. The van der Waals surface area contributed by atoms with Crippen LogP contribution in [-0.4, -0.2) is 28.3 Å². The molecule has 0 radical (unpaired) electrons. The lowest BCUT2D eigenvalue weighted by atomic mass is 10.0. The molecule has 23 heavy (non-hydrogen) atoms. The molecular weight excluding hydrogens is 288 g/mol. The van der Waals surface area contributed by atoms with Crippen LogP contribution in [-0.2, 0) is 16.1 Å². The van der Waals surface area contributed by atoms with E-state index in [1.807, 2.05) is 65.0 Å². The quantitative estimate of drug-likeness (QED) is 0.836. The smallest absolute Gasteiger partial charge is 0.243 e. The minimum Gasteiger partial charge on any atom is -0.350 e. The van der Waals surface area contributed by atoms with Gasteiger partial charge in [-0.1, -0.05) is 44.2 Å². The molecule has 0 aliphatic rings. The molecule has 2 amide bonds. The van der Waals surface area contributed by atoms with Crippen LogP contribution in [0.15, 0.2) is 30.3 Å². The average Bonchev–Trinajstić information content (AvgIpc) is 2.46. The summed E-state index contributed by atoms with van der Waals surface area (Å²) in [6, 6.07) is 9.39. The van der Waals surface area contributed by atoms with Gasteiger partial charge in [-0.05, 0) is 39.2 Å². The summed E-state index contributed by atoms with van der Waals surface area (Å²) in [5, 5.41) is 3.00. The Morgan fingerprint density at radius 2 is 1.74 bits per heavy atom. The van der Waals surface area contributed by atoms with Crippen molar-refractivity contribution in [3.63, 3.8) is 0 Å². The van der Waals surface area contributed by atoms with Gasteiger partial charge in [0, 0.05) is 18.5 Å². The van der Waals surface area contributed by atoms with Crippen LogP contribution in [0.4, 0.5) is 0 Å². The van der Waals surface area contributed by atoms with E-state index < -0.39 is 6.04 Å². The van der Waals surface area contributed by atoms with E-state index in [1.54, 1.807) is 4.90 Å². The Morgan fingerprint density at radius 1 is 1.13 bits per heavy atom. The van der Waals surface area contributed by atoms with Gasteiger partial charge in [-0.15, -0.1) is 0 Å². The minimum atomic E-state index is -0.437. The van der Waals surface area contributed by atoms with Gasteiger partial charge in [-0.2, -0.15) is 0 Å². The summed E-state index contributed by atoms with van der Waals surface area (Å²) in [5.41, 5.74) is 0.732. The topological polar surface area (TPSA) is 49.4 Å². The van der Waals surface area contributed by atoms with Gasteiger partial charge >= 0.3 is 0 Å². The number of rotatable bonds is 7. The maximum absolute atomic E-state index is 12.6. The zero-order valence-corrected chi connectivity index (χ0v) is 15.1. The molecule has 1 rings (SSSR count). The highest BCUT2D eigenvalue weighted by molar-refractivity contribution is 5.88. The standard InChI is InChI=1S/C19H30N2O2/c1-6-11-17(22)21(14-15-12-9-8-10-13-15)16(7-2)18(23)20-19(3,4)5/h8-10,12-13,16H,6-7,11,14H2,1-5H3,(H,20,23)/t16-/m1/s1. The van der Waals surface area contributed by atoms with Crippen LogP contribution in [0, 0.1) is 0 Å². The molecule has 1 N–H and O–H groups in total. The van der Waals surface area contributed by atoms with Crippen LogP contribution in [0.2, 0.25) is 0 Å². The molecule has 1 aromatic rings. The highest BCUT2D eigenvalue weighted by atomic mass is 16.2. The summed E-state index contributed by atoms with van der Waals surface area (Å²) in [7, 11) is 0. The first-order valence-corrected chi connectivity index (χ1v) is 8.44. The predicted molar refractivity (Wildman–Crippen MR) is 93.9 cm³/mol. The van der Waals surface area contributed by atoms with Crippen molar-refractivity contribution in [1.29, 1.82) is 0 Å². The van der Waals surface area contributed by atoms with Crippen LogP contribution in [0.1, 0.15) is 59.4 Å². The van der Waals surface area contributed by atoms with E-state index in [0.29, 0.717) is 19.4 Å². The molecule has 4 nitrogen and oxygen atoms in total. The fourth-order valence-corrected chi connectivity index (χ4v) is 2.51. The van der Waals surface area contributed by atoms with Gasteiger partial charge in [0.2, 0.25) is 11.8 Å². The van der Waals surface area contributed by atoms with E-state index in [2.05, 4.69) is 5.32 Å². The van der Waals surface area contributed by atoms with Gasteiger partial charge in [-0.25, -0.2) is 0 Å². The molecule has 0 unspecified atom stereocenters. The molecular formula is C19H30N2O2. The summed E-state index contributed by atoms with van der Waals surface area (Å²) in [6.07, 6.45) is 1.85. The number of amides is 2. The normalized spacial score (nSPS) is 12.6. The predicted octanol–water partition coefficient (Wildman–Crippen LogP) is 3.51. The maximum Gasteiger partial charge on any atom is 0.243 e. The Labute approximate surface area is 140 Å². The monoisotopic (exact) mass is 318 g/mol. The van der Waals surface area contributed by atoms with E-state index in [-0.39, 0.29) is 17.4 Å².